The summed E-state index contributed by atoms with van der Waals surface area (Å²) in [5.41, 5.74) is 2.78. The van der Waals surface area contributed by atoms with E-state index < -0.39 is 6.04 Å². The molecule has 1 N–H and O–H groups in total. The molecular weight excluding hydrogens is 382 g/mol. The van der Waals surface area contributed by atoms with Crippen molar-refractivity contribution in [2.75, 3.05) is 0 Å². The van der Waals surface area contributed by atoms with E-state index in [2.05, 4.69) is 19.2 Å². The first-order chi connectivity index (χ1) is 14.0. The van der Waals surface area contributed by atoms with E-state index in [-0.39, 0.29) is 11.9 Å². The molecule has 4 nitrogen and oxygen atoms in total. The van der Waals surface area contributed by atoms with Crippen LogP contribution in [0.2, 0.25) is 5.02 Å². The van der Waals surface area contributed by atoms with Gasteiger partial charge in [0.05, 0.1) is 5.52 Å². The Bertz CT molecular complexity index is 1010. The molecule has 1 saturated carbocycles. The van der Waals surface area contributed by atoms with Gasteiger partial charge >= 0.3 is 0 Å². The molecule has 4 atom stereocenters. The SMILES string of the molecule is C[C@H]1[C@H](C)CCC[C@@H]1NC(=O)[C@H](C)n1nc(-c2ccccc2)c2cc(Cl)ccc21. The second-order valence-corrected chi connectivity index (χ2v) is 8.82. The van der Waals surface area contributed by atoms with Gasteiger partial charge in [0, 0.05) is 22.0 Å². The number of nitrogens with zero attached hydrogens (tertiary/aromatic N) is 2. The van der Waals surface area contributed by atoms with E-state index in [1.54, 1.807) is 0 Å². The smallest absolute Gasteiger partial charge is 0.244 e. The van der Waals surface area contributed by atoms with E-state index >= 15 is 0 Å². The molecular formula is C24H28ClN3O. The highest BCUT2D eigenvalue weighted by molar-refractivity contribution is 6.31. The Morgan fingerprint density at radius 3 is 2.69 bits per heavy atom. The number of rotatable bonds is 4. The second kappa shape index (κ2) is 8.19. The fourth-order valence-corrected chi connectivity index (χ4v) is 4.59. The van der Waals surface area contributed by atoms with E-state index in [4.69, 9.17) is 16.7 Å². The number of fused-ring (bicyclic) bond motifs is 1. The monoisotopic (exact) mass is 409 g/mol. The Morgan fingerprint density at radius 2 is 1.93 bits per heavy atom. The van der Waals surface area contributed by atoms with Gasteiger partial charge in [0.1, 0.15) is 11.7 Å². The first-order valence-electron chi connectivity index (χ1n) is 10.5. The second-order valence-electron chi connectivity index (χ2n) is 8.38. The Kier molecular flexibility index (Phi) is 5.64. The van der Waals surface area contributed by atoms with Crippen molar-refractivity contribution in [3.8, 4) is 11.3 Å². The zero-order valence-corrected chi connectivity index (χ0v) is 18.0. The molecule has 29 heavy (non-hydrogen) atoms. The lowest BCUT2D eigenvalue weighted by molar-refractivity contribution is -0.125. The van der Waals surface area contributed by atoms with Crippen LogP contribution in [0.4, 0.5) is 0 Å². The lowest BCUT2D eigenvalue weighted by Crippen LogP contribution is -2.46. The van der Waals surface area contributed by atoms with Crippen LogP contribution in [0, 0.1) is 11.8 Å². The minimum atomic E-state index is -0.402. The van der Waals surface area contributed by atoms with Crippen molar-refractivity contribution in [1.82, 2.24) is 15.1 Å². The molecule has 0 saturated heterocycles. The van der Waals surface area contributed by atoms with E-state index in [1.807, 2.05) is 60.1 Å². The minimum Gasteiger partial charge on any atom is -0.351 e. The van der Waals surface area contributed by atoms with Gasteiger partial charge in [-0.25, -0.2) is 0 Å². The van der Waals surface area contributed by atoms with Crippen LogP contribution in [0.5, 0.6) is 0 Å². The van der Waals surface area contributed by atoms with Gasteiger partial charge in [0.15, 0.2) is 0 Å². The zero-order valence-electron chi connectivity index (χ0n) is 17.2. The number of hydrogen-bond acceptors (Lipinski definition) is 2. The van der Waals surface area contributed by atoms with Crippen molar-refractivity contribution in [3.05, 3.63) is 53.6 Å². The summed E-state index contributed by atoms with van der Waals surface area (Å²) in [5, 5.41) is 9.77. The number of nitrogens with one attached hydrogen (secondary N) is 1. The molecule has 3 aromatic rings. The predicted molar refractivity (Wildman–Crippen MR) is 119 cm³/mol. The van der Waals surface area contributed by atoms with Gasteiger partial charge in [0.2, 0.25) is 5.91 Å². The quantitative estimate of drug-likeness (QED) is 0.586. The minimum absolute atomic E-state index is 0.0231. The van der Waals surface area contributed by atoms with Crippen molar-refractivity contribution < 1.29 is 4.79 Å². The van der Waals surface area contributed by atoms with Crippen LogP contribution in [0.25, 0.3) is 22.2 Å². The molecule has 4 rings (SSSR count). The Labute approximate surface area is 177 Å². The number of halogens is 1. The van der Waals surface area contributed by atoms with Crippen LogP contribution < -0.4 is 5.32 Å². The van der Waals surface area contributed by atoms with Crippen molar-refractivity contribution in [1.29, 1.82) is 0 Å². The molecule has 5 heteroatoms. The van der Waals surface area contributed by atoms with Crippen molar-refractivity contribution >= 4 is 28.4 Å². The van der Waals surface area contributed by atoms with Crippen molar-refractivity contribution in [2.24, 2.45) is 11.8 Å². The predicted octanol–water partition coefficient (Wildman–Crippen LogP) is 5.86. The highest BCUT2D eigenvalue weighted by Gasteiger charge is 2.30. The molecule has 0 spiro atoms. The van der Waals surface area contributed by atoms with E-state index in [1.165, 1.54) is 12.8 Å². The summed E-state index contributed by atoms with van der Waals surface area (Å²) in [6, 6.07) is 15.6. The molecule has 1 fully saturated rings. The molecule has 1 amide bonds. The Hall–Kier alpha value is -2.33. The third kappa shape index (κ3) is 3.91. The van der Waals surface area contributed by atoms with Gasteiger partial charge in [-0.3, -0.25) is 9.48 Å². The van der Waals surface area contributed by atoms with Crippen LogP contribution in [-0.4, -0.2) is 21.7 Å². The van der Waals surface area contributed by atoms with E-state index in [0.717, 1.165) is 28.6 Å². The standard InChI is InChI=1S/C24H28ClN3O/c1-15-8-7-11-21(16(15)2)26-24(29)17(3)28-22-13-12-19(25)14-20(22)23(27-28)18-9-5-4-6-10-18/h4-6,9-10,12-17,21H,7-8,11H2,1-3H3,(H,26,29)/t15-,16+,17+,21+/m1/s1. The average Bonchev–Trinajstić information content (AvgIpc) is 3.10. The summed E-state index contributed by atoms with van der Waals surface area (Å²) >= 11 is 6.27. The van der Waals surface area contributed by atoms with Gasteiger partial charge in [-0.2, -0.15) is 5.10 Å². The summed E-state index contributed by atoms with van der Waals surface area (Å²) < 4.78 is 1.83. The number of hydrogen-bond donors (Lipinski definition) is 1. The molecule has 0 unspecified atom stereocenters. The van der Waals surface area contributed by atoms with Gasteiger partial charge in [-0.05, 0) is 43.4 Å². The Balaban J connectivity index is 1.67. The largest absolute Gasteiger partial charge is 0.351 e. The molecule has 1 aliphatic carbocycles. The van der Waals surface area contributed by atoms with Crippen molar-refractivity contribution in [3.63, 3.8) is 0 Å². The fourth-order valence-electron chi connectivity index (χ4n) is 4.42. The highest BCUT2D eigenvalue weighted by atomic mass is 35.5. The maximum atomic E-state index is 13.1. The van der Waals surface area contributed by atoms with Gasteiger partial charge in [-0.1, -0.05) is 68.6 Å². The molecule has 1 aromatic heterocycles. The highest BCUT2D eigenvalue weighted by Crippen LogP contribution is 2.33. The number of aromatic nitrogens is 2. The normalized spacial score (nSPS) is 23.1. The number of carbonyl (C=O) groups excluding carboxylic acids is 1. The Morgan fingerprint density at radius 1 is 1.17 bits per heavy atom. The third-order valence-electron chi connectivity index (χ3n) is 6.50. The first-order valence-corrected chi connectivity index (χ1v) is 10.9. The van der Waals surface area contributed by atoms with Crippen LogP contribution in [-0.2, 0) is 4.79 Å². The topological polar surface area (TPSA) is 46.9 Å². The van der Waals surface area contributed by atoms with Gasteiger partial charge in [-0.15, -0.1) is 0 Å². The summed E-state index contributed by atoms with van der Waals surface area (Å²) in [7, 11) is 0. The molecule has 152 valence electrons. The van der Waals surface area contributed by atoms with E-state index in [9.17, 15) is 4.79 Å². The van der Waals surface area contributed by atoms with Crippen LogP contribution in [0.15, 0.2) is 48.5 Å². The zero-order chi connectivity index (χ0) is 20.5. The summed E-state index contributed by atoms with van der Waals surface area (Å²) in [4.78, 5) is 13.1. The number of benzene rings is 2. The lowest BCUT2D eigenvalue weighted by Gasteiger charge is -2.35. The number of carbonyl (C=O) groups is 1. The first kappa shape index (κ1) is 20.0. The van der Waals surface area contributed by atoms with Crippen LogP contribution in [0.3, 0.4) is 0 Å². The molecule has 1 heterocycles. The molecule has 2 aromatic carbocycles. The molecule has 0 aliphatic heterocycles. The summed E-state index contributed by atoms with van der Waals surface area (Å²) in [6.07, 6.45) is 3.47. The maximum Gasteiger partial charge on any atom is 0.244 e. The lowest BCUT2D eigenvalue weighted by atomic mass is 9.78. The molecule has 1 aliphatic rings. The molecule has 0 radical (unpaired) electrons. The fraction of sp³-hybridized carbons (Fsp3) is 0.417. The maximum absolute atomic E-state index is 13.1. The summed E-state index contributed by atoms with van der Waals surface area (Å²) in [5.74, 6) is 1.16. The van der Waals surface area contributed by atoms with E-state index in [0.29, 0.717) is 16.9 Å². The number of amides is 1. The molecule has 0 bridgehead atoms. The van der Waals surface area contributed by atoms with Crippen LogP contribution >= 0.6 is 11.6 Å². The third-order valence-corrected chi connectivity index (χ3v) is 6.73. The van der Waals surface area contributed by atoms with Gasteiger partial charge < -0.3 is 5.32 Å². The van der Waals surface area contributed by atoms with Crippen LogP contribution in [0.1, 0.15) is 46.1 Å². The average molecular weight is 410 g/mol. The summed E-state index contributed by atoms with van der Waals surface area (Å²) in [6.45, 7) is 6.45. The van der Waals surface area contributed by atoms with Gasteiger partial charge in [0.25, 0.3) is 0 Å². The van der Waals surface area contributed by atoms with Crippen molar-refractivity contribution in [2.45, 2.75) is 52.1 Å².